The number of nitriles is 1. The van der Waals surface area contributed by atoms with E-state index in [0.29, 0.717) is 17.3 Å². The number of carbonyl (C=O) groups is 1. The van der Waals surface area contributed by atoms with Crippen molar-refractivity contribution in [2.75, 3.05) is 18.6 Å². The van der Waals surface area contributed by atoms with Crippen molar-refractivity contribution in [3.05, 3.63) is 42.0 Å². The summed E-state index contributed by atoms with van der Waals surface area (Å²) in [6, 6.07) is 7.61. The summed E-state index contributed by atoms with van der Waals surface area (Å²) < 4.78 is 5.37. The second-order valence-electron chi connectivity index (χ2n) is 4.51. The topological polar surface area (TPSA) is 82.0 Å². The second-order valence-corrected chi connectivity index (χ2v) is 4.51. The Hall–Kier alpha value is -2.81. The maximum atomic E-state index is 11.7. The molecule has 2 heterocycles. The van der Waals surface area contributed by atoms with Crippen LogP contribution in [0.25, 0.3) is 0 Å². The Balaban J connectivity index is 2.04. The molecule has 100 valence electrons. The number of hydrogen-bond acceptors (Lipinski definition) is 4. The Morgan fingerprint density at radius 2 is 2.40 bits per heavy atom. The molecule has 0 aliphatic carbocycles. The van der Waals surface area contributed by atoms with E-state index in [1.165, 1.54) is 0 Å². The van der Waals surface area contributed by atoms with E-state index in [1.807, 2.05) is 6.07 Å². The summed E-state index contributed by atoms with van der Waals surface area (Å²) in [7, 11) is 1.70. The van der Waals surface area contributed by atoms with Crippen LogP contribution in [0.15, 0.2) is 30.6 Å². The zero-order valence-electron chi connectivity index (χ0n) is 10.8. The average Bonchev–Trinajstić information content (AvgIpc) is 2.98. The van der Waals surface area contributed by atoms with Gasteiger partial charge in [-0.05, 0) is 17.7 Å². The first-order valence-electron chi connectivity index (χ1n) is 6.13. The third-order valence-electron chi connectivity index (χ3n) is 3.32. The lowest BCUT2D eigenvalue weighted by molar-refractivity contribution is -0.120. The van der Waals surface area contributed by atoms with Gasteiger partial charge in [0.1, 0.15) is 17.5 Å². The molecule has 1 atom stereocenters. The monoisotopic (exact) mass is 268 g/mol. The highest BCUT2D eigenvalue weighted by atomic mass is 16.5. The van der Waals surface area contributed by atoms with Crippen molar-refractivity contribution in [2.24, 2.45) is 0 Å². The van der Waals surface area contributed by atoms with E-state index in [1.54, 1.807) is 36.5 Å². The maximum absolute atomic E-state index is 11.7. The first-order valence-corrected chi connectivity index (χ1v) is 6.13. The van der Waals surface area contributed by atoms with Crippen LogP contribution in [-0.2, 0) is 4.79 Å². The van der Waals surface area contributed by atoms with E-state index in [4.69, 9.17) is 4.74 Å². The molecule has 0 saturated heterocycles. The minimum atomic E-state index is -0.499. The normalized spacial score (nSPS) is 15.2. The number of carbonyl (C=O) groups excluding carboxylic acids is 1. The molecule has 0 saturated carbocycles. The molecule has 0 fully saturated rings. The Bertz CT molecular complexity index is 688. The Labute approximate surface area is 115 Å². The van der Waals surface area contributed by atoms with Crippen molar-refractivity contribution in [3.63, 3.8) is 0 Å². The molecular formula is C14H12N4O2. The quantitative estimate of drug-likeness (QED) is 0.893. The Morgan fingerprint density at radius 3 is 3.10 bits per heavy atom. The van der Waals surface area contributed by atoms with Gasteiger partial charge in [0, 0.05) is 19.4 Å². The van der Waals surface area contributed by atoms with E-state index in [-0.39, 0.29) is 12.5 Å². The first kappa shape index (κ1) is 12.2. The number of rotatable bonds is 2. The van der Waals surface area contributed by atoms with Crippen LogP contribution in [0, 0.1) is 11.3 Å². The predicted molar refractivity (Wildman–Crippen MR) is 71.4 cm³/mol. The van der Waals surface area contributed by atoms with Crippen LogP contribution in [0.5, 0.6) is 5.75 Å². The number of amides is 1. The highest BCUT2D eigenvalue weighted by Gasteiger charge is 2.24. The number of H-pyrrole nitrogens is 1. The lowest BCUT2D eigenvalue weighted by Gasteiger charge is -2.26. The van der Waals surface area contributed by atoms with E-state index in [0.717, 1.165) is 5.56 Å². The van der Waals surface area contributed by atoms with Gasteiger partial charge in [-0.15, -0.1) is 0 Å². The number of aromatic amines is 1. The maximum Gasteiger partial charge on any atom is 0.264 e. The summed E-state index contributed by atoms with van der Waals surface area (Å²) in [4.78, 5) is 20.3. The molecular weight excluding hydrogens is 256 g/mol. The average molecular weight is 268 g/mol. The van der Waals surface area contributed by atoms with Gasteiger partial charge in [0.15, 0.2) is 6.61 Å². The van der Waals surface area contributed by atoms with Crippen LogP contribution in [0.1, 0.15) is 17.3 Å². The summed E-state index contributed by atoms with van der Waals surface area (Å²) >= 11 is 0. The van der Waals surface area contributed by atoms with Gasteiger partial charge in [-0.1, -0.05) is 6.07 Å². The molecule has 1 aliphatic rings. The van der Waals surface area contributed by atoms with Crippen molar-refractivity contribution in [1.82, 2.24) is 9.97 Å². The van der Waals surface area contributed by atoms with Crippen molar-refractivity contribution >= 4 is 11.6 Å². The third kappa shape index (κ3) is 1.89. The van der Waals surface area contributed by atoms with Crippen molar-refractivity contribution in [3.8, 4) is 11.8 Å². The number of nitrogens with zero attached hydrogens (tertiary/aromatic N) is 3. The molecule has 0 bridgehead atoms. The molecule has 20 heavy (non-hydrogen) atoms. The first-order chi connectivity index (χ1) is 9.70. The molecule has 1 N–H and O–H groups in total. The van der Waals surface area contributed by atoms with Gasteiger partial charge in [-0.25, -0.2) is 4.98 Å². The predicted octanol–water partition coefficient (Wildman–Crippen LogP) is 1.42. The largest absolute Gasteiger partial charge is 0.482 e. The van der Waals surface area contributed by atoms with E-state index < -0.39 is 5.92 Å². The number of imidazole rings is 1. The summed E-state index contributed by atoms with van der Waals surface area (Å²) in [6.07, 6.45) is 3.29. The zero-order valence-corrected chi connectivity index (χ0v) is 10.8. The number of nitrogens with one attached hydrogen (secondary N) is 1. The van der Waals surface area contributed by atoms with Crippen molar-refractivity contribution in [2.45, 2.75) is 5.92 Å². The molecule has 1 unspecified atom stereocenters. The number of likely N-dealkylation sites (N-methyl/N-ethyl adjacent to an activating group) is 1. The standard InChI is InChI=1S/C14H12N4O2/c1-18-11-6-9(2-3-12(11)20-8-13(18)19)10(7-15)14-16-4-5-17-14/h2-6,10H,8H2,1H3,(H,16,17). The van der Waals surface area contributed by atoms with Gasteiger partial charge >= 0.3 is 0 Å². The van der Waals surface area contributed by atoms with Crippen molar-refractivity contribution < 1.29 is 9.53 Å². The second kappa shape index (κ2) is 4.70. The molecule has 0 spiro atoms. The fourth-order valence-corrected chi connectivity index (χ4v) is 2.20. The highest BCUT2D eigenvalue weighted by Crippen LogP contribution is 2.34. The molecule has 6 heteroatoms. The minimum absolute atomic E-state index is 0.0444. The molecule has 2 aromatic rings. The Kier molecular flexibility index (Phi) is 2.88. The molecule has 1 amide bonds. The van der Waals surface area contributed by atoms with E-state index in [2.05, 4.69) is 16.0 Å². The lowest BCUT2D eigenvalue weighted by Crippen LogP contribution is -2.35. The van der Waals surface area contributed by atoms with E-state index in [9.17, 15) is 10.1 Å². The SMILES string of the molecule is CN1C(=O)COc2ccc(C(C#N)c3ncc[nH]3)cc21. The minimum Gasteiger partial charge on any atom is -0.482 e. The summed E-state index contributed by atoms with van der Waals surface area (Å²) in [5, 5.41) is 9.35. The number of benzene rings is 1. The van der Waals surface area contributed by atoms with Crippen LogP contribution in [-0.4, -0.2) is 29.5 Å². The van der Waals surface area contributed by atoms with Crippen LogP contribution in [0.4, 0.5) is 5.69 Å². The molecule has 3 rings (SSSR count). The molecule has 0 radical (unpaired) electrons. The third-order valence-corrected chi connectivity index (χ3v) is 3.32. The lowest BCUT2D eigenvalue weighted by atomic mass is 9.98. The van der Waals surface area contributed by atoms with Gasteiger partial charge < -0.3 is 14.6 Å². The molecule has 1 aliphatic heterocycles. The van der Waals surface area contributed by atoms with Crippen LogP contribution >= 0.6 is 0 Å². The van der Waals surface area contributed by atoms with Gasteiger partial charge in [-0.3, -0.25) is 4.79 Å². The summed E-state index contributed by atoms with van der Waals surface area (Å²) in [5.41, 5.74) is 1.44. The summed E-state index contributed by atoms with van der Waals surface area (Å²) in [6.45, 7) is 0.0444. The number of fused-ring (bicyclic) bond motifs is 1. The van der Waals surface area contributed by atoms with Crippen molar-refractivity contribution in [1.29, 1.82) is 5.26 Å². The van der Waals surface area contributed by atoms with Gasteiger partial charge in [0.2, 0.25) is 0 Å². The molecule has 1 aromatic carbocycles. The zero-order chi connectivity index (χ0) is 14.1. The molecule has 6 nitrogen and oxygen atoms in total. The van der Waals surface area contributed by atoms with Gasteiger partial charge in [0.25, 0.3) is 5.91 Å². The van der Waals surface area contributed by atoms with Crippen LogP contribution in [0.3, 0.4) is 0 Å². The fourth-order valence-electron chi connectivity index (χ4n) is 2.20. The summed E-state index contributed by atoms with van der Waals surface area (Å²) in [5.74, 6) is 0.618. The van der Waals surface area contributed by atoms with Gasteiger partial charge in [-0.2, -0.15) is 5.26 Å². The van der Waals surface area contributed by atoms with Crippen LogP contribution < -0.4 is 9.64 Å². The smallest absolute Gasteiger partial charge is 0.264 e. The van der Waals surface area contributed by atoms with Gasteiger partial charge in [0.05, 0.1) is 11.8 Å². The Morgan fingerprint density at radius 1 is 1.55 bits per heavy atom. The van der Waals surface area contributed by atoms with Crippen LogP contribution in [0.2, 0.25) is 0 Å². The van der Waals surface area contributed by atoms with E-state index >= 15 is 0 Å². The number of aromatic nitrogens is 2. The molecule has 1 aromatic heterocycles. The number of anilines is 1. The number of ether oxygens (including phenoxy) is 1. The fraction of sp³-hybridized carbons (Fsp3) is 0.214. The number of hydrogen-bond donors (Lipinski definition) is 1. The highest BCUT2D eigenvalue weighted by molar-refractivity contribution is 5.97.